The smallest absolute Gasteiger partial charge is 0.130 e. The van der Waals surface area contributed by atoms with Crippen molar-refractivity contribution >= 4 is 44.8 Å². The largest absolute Gasteiger partial charge is 0.305 e. The van der Waals surface area contributed by atoms with Crippen LogP contribution in [0.25, 0.3) is 53.8 Å². The van der Waals surface area contributed by atoms with Gasteiger partial charge in [-0.1, -0.05) is 86.5 Å². The van der Waals surface area contributed by atoms with Gasteiger partial charge in [-0.25, -0.2) is 4.39 Å². The van der Waals surface area contributed by atoms with Gasteiger partial charge in [-0.05, 0) is 51.4 Å². The predicted octanol–water partition coefficient (Wildman–Crippen LogP) is 10.4. The van der Waals surface area contributed by atoms with Crippen molar-refractivity contribution in [3.63, 3.8) is 0 Å². The molecule has 45 heavy (non-hydrogen) atoms. The summed E-state index contributed by atoms with van der Waals surface area (Å²) in [6.45, 7) is 2.45. The molecule has 3 aromatic heterocycles. The third-order valence-electron chi connectivity index (χ3n) is 7.37. The number of nitrogens with zero attached hydrogens (tertiary/aromatic N) is 2. The summed E-state index contributed by atoms with van der Waals surface area (Å²) < 4.78 is 62.3. The van der Waals surface area contributed by atoms with E-state index in [4.69, 9.17) is 8.22 Å². The molecule has 0 fully saturated rings. The molecule has 6 heteroatoms. The first-order valence-corrected chi connectivity index (χ1v) is 18.5. The first-order chi connectivity index (χ1) is 23.6. The Hall–Kier alpha value is -3.80. The van der Waals surface area contributed by atoms with Gasteiger partial charge in [0, 0.05) is 56.4 Å². The molecule has 0 unspecified atom stereocenters. The summed E-state index contributed by atoms with van der Waals surface area (Å²) in [4.78, 5) is 9.04. The van der Waals surface area contributed by atoms with Gasteiger partial charge < -0.3 is 9.97 Å². The van der Waals surface area contributed by atoms with Gasteiger partial charge >= 0.3 is 0 Å². The maximum Gasteiger partial charge on any atom is 0.130 e. The predicted molar refractivity (Wildman–Crippen MR) is 188 cm³/mol. The summed E-state index contributed by atoms with van der Waals surface area (Å²) in [5, 5.41) is 2.66. The fraction of sp³-hybridized carbons (Fsp3) is 0.128. The fourth-order valence-electron chi connectivity index (χ4n) is 4.96. The fourth-order valence-corrected chi connectivity index (χ4v) is 7.22. The first-order valence-electron chi connectivity index (χ1n) is 17.2. The third kappa shape index (κ3) is 7.05. The number of fused-ring (bicyclic) bond motifs is 3. The molecule has 1 radical (unpaired) electrons. The molecule has 0 bridgehead atoms. The summed E-state index contributed by atoms with van der Waals surface area (Å²) in [5.74, 6) is -0.272. The molecule has 0 saturated carbocycles. The molecular formula is C39H33FIrN2SSi-2. The molecule has 0 saturated heterocycles. The second kappa shape index (κ2) is 13.7. The Morgan fingerprint density at radius 3 is 2.33 bits per heavy atom. The molecule has 0 aliphatic heterocycles. The third-order valence-corrected chi connectivity index (χ3v) is 10.6. The average molecular weight is 807 g/mol. The van der Waals surface area contributed by atoms with Gasteiger partial charge in [0.1, 0.15) is 5.82 Å². The molecule has 2 nitrogen and oxygen atoms in total. The van der Waals surface area contributed by atoms with Crippen LogP contribution in [0.4, 0.5) is 4.39 Å². The van der Waals surface area contributed by atoms with Gasteiger partial charge in [0.2, 0.25) is 0 Å². The van der Waals surface area contributed by atoms with Crippen LogP contribution in [0.2, 0.25) is 19.6 Å². The first kappa shape index (κ1) is 25.4. The van der Waals surface area contributed by atoms with Gasteiger partial charge in [-0.3, -0.25) is 0 Å². The van der Waals surface area contributed by atoms with Crippen LogP contribution in [-0.4, -0.2) is 18.0 Å². The van der Waals surface area contributed by atoms with Crippen LogP contribution < -0.4 is 5.19 Å². The molecular weight excluding hydrogens is 768 g/mol. The van der Waals surface area contributed by atoms with E-state index in [-0.39, 0.29) is 31.5 Å². The zero-order valence-corrected chi connectivity index (χ0v) is 29.1. The van der Waals surface area contributed by atoms with E-state index >= 15 is 0 Å². The zero-order valence-electron chi connectivity index (χ0n) is 30.9. The topological polar surface area (TPSA) is 25.8 Å². The van der Waals surface area contributed by atoms with Gasteiger partial charge in [0.05, 0.1) is 8.07 Å². The normalized spacial score (nSPS) is 13.7. The second-order valence-electron chi connectivity index (χ2n) is 11.5. The van der Waals surface area contributed by atoms with E-state index in [1.807, 2.05) is 54.7 Å². The monoisotopic (exact) mass is 807 g/mol. The van der Waals surface area contributed by atoms with Gasteiger partial charge in [0.25, 0.3) is 0 Å². The number of halogens is 1. The van der Waals surface area contributed by atoms with Crippen LogP contribution in [-0.2, 0) is 20.1 Å². The number of hydrogen-bond donors (Lipinski definition) is 0. The number of thiophene rings is 1. The molecule has 7 rings (SSSR count). The zero-order chi connectivity index (χ0) is 35.8. The van der Waals surface area contributed by atoms with Crippen LogP contribution in [0.5, 0.6) is 0 Å². The van der Waals surface area contributed by atoms with E-state index in [1.54, 1.807) is 36.5 Å². The number of aromatic nitrogens is 2. The summed E-state index contributed by atoms with van der Waals surface area (Å²) in [6.07, 6.45) is 3.53. The minimum atomic E-state index is -2.30. The van der Waals surface area contributed by atoms with Crippen LogP contribution >= 0.6 is 11.3 Å². The van der Waals surface area contributed by atoms with Crippen LogP contribution in [0, 0.1) is 31.7 Å². The summed E-state index contributed by atoms with van der Waals surface area (Å²) >= 11 is 1.46. The number of pyridine rings is 2. The van der Waals surface area contributed by atoms with Crippen molar-refractivity contribution in [2.45, 2.75) is 33.3 Å². The average Bonchev–Trinajstić information content (AvgIpc) is 3.48. The Balaban J connectivity index is 0.000000211. The summed E-state index contributed by atoms with van der Waals surface area (Å²) in [5.41, 5.74) is 4.75. The van der Waals surface area contributed by atoms with Crippen molar-refractivity contribution in [2.75, 3.05) is 0 Å². The molecule has 227 valence electrons. The number of rotatable bonds is 4. The molecule has 0 amide bonds. The Kier molecular flexibility index (Phi) is 7.72. The molecule has 4 aromatic carbocycles. The Morgan fingerprint density at radius 1 is 0.822 bits per heavy atom. The van der Waals surface area contributed by atoms with Crippen LogP contribution in [0.15, 0.2) is 109 Å². The van der Waals surface area contributed by atoms with Crippen molar-refractivity contribution in [1.29, 1.82) is 0 Å². The number of benzene rings is 4. The molecule has 0 aliphatic carbocycles. The molecule has 0 spiro atoms. The van der Waals surface area contributed by atoms with Crippen molar-refractivity contribution in [2.24, 2.45) is 0 Å². The van der Waals surface area contributed by atoms with Crippen LogP contribution in [0.3, 0.4) is 0 Å². The van der Waals surface area contributed by atoms with Crippen molar-refractivity contribution < 1.29 is 32.7 Å². The number of hydrogen-bond acceptors (Lipinski definition) is 3. The van der Waals surface area contributed by atoms with E-state index in [0.717, 1.165) is 31.6 Å². The Bertz CT molecular complexity index is 2230. The number of aryl methyl sites for hydroxylation is 2. The molecule has 0 N–H and O–H groups in total. The quantitative estimate of drug-likeness (QED) is 0.131. The van der Waals surface area contributed by atoms with E-state index in [2.05, 4.69) is 47.8 Å². The Labute approximate surface area is 291 Å². The van der Waals surface area contributed by atoms with E-state index in [9.17, 15) is 4.39 Å². The minimum Gasteiger partial charge on any atom is -0.305 e. The minimum absolute atomic E-state index is 0. The maximum atomic E-state index is 14.5. The summed E-state index contributed by atoms with van der Waals surface area (Å²) in [6, 6.07) is 34.8. The van der Waals surface area contributed by atoms with Crippen molar-refractivity contribution in [1.82, 2.24) is 9.97 Å². The maximum absolute atomic E-state index is 14.5. The summed E-state index contributed by atoms with van der Waals surface area (Å²) in [7, 11) is -1.34. The standard InChI is InChI=1S/C24H15FNS.C15H18NSi.Ir/c1-15-13-21(26-14-19(15)16-7-3-2-4-8-16)17-9-5-10-18-23-20(25)11-6-12-22(23)27-24(17)18;1-12-5-7-13(8-6-12)15-10-9-14(11-16-15)17(2,3)4;/h2-8,10-14H,1H3;5-7,9-11H,1-4H3;/q2*-1;/i2*1D3;. The van der Waals surface area contributed by atoms with Gasteiger partial charge in [-0.15, -0.1) is 59.2 Å². The SMILES string of the molecule is [2H]C([2H])([2H])c1c[c-]c(-c2ccc([Si](C)(C)C)cn2)cc1.[2H]C([2H])([2H])c1cc(-c2[c-]ccc3c2sc2cccc(F)c23)ncc1-c1ccccc1.[Ir]. The van der Waals surface area contributed by atoms with Gasteiger partial charge in [-0.2, -0.15) is 11.3 Å². The van der Waals surface area contributed by atoms with E-state index in [0.29, 0.717) is 27.8 Å². The van der Waals surface area contributed by atoms with E-state index < -0.39 is 21.8 Å². The Morgan fingerprint density at radius 2 is 1.64 bits per heavy atom. The molecule has 7 aromatic rings. The van der Waals surface area contributed by atoms with Gasteiger partial charge in [0.15, 0.2) is 0 Å². The molecule has 3 heterocycles. The molecule has 0 aliphatic rings. The van der Waals surface area contributed by atoms with Crippen molar-refractivity contribution in [3.05, 3.63) is 139 Å². The second-order valence-corrected chi connectivity index (χ2v) is 17.6. The van der Waals surface area contributed by atoms with Crippen molar-refractivity contribution in [3.8, 4) is 33.6 Å². The van der Waals surface area contributed by atoms with E-state index in [1.165, 1.54) is 28.7 Å². The van der Waals surface area contributed by atoms with Crippen LogP contribution in [0.1, 0.15) is 19.4 Å². The molecule has 0 atom stereocenters.